The fourth-order valence-electron chi connectivity index (χ4n) is 2.82. The zero-order chi connectivity index (χ0) is 20.4. The largest absolute Gasteiger partial charge is 0.364 e. The first-order valence-electron chi connectivity index (χ1n) is 8.44. The molecule has 0 saturated heterocycles. The third kappa shape index (κ3) is 3.80. The first-order valence-corrected chi connectivity index (χ1v) is 8.81. The Bertz CT molecular complexity index is 1110. The van der Waals surface area contributed by atoms with Gasteiger partial charge in [0.25, 0.3) is 5.91 Å². The molecule has 0 bridgehead atoms. The van der Waals surface area contributed by atoms with Gasteiger partial charge in [0.05, 0.1) is 28.9 Å². The summed E-state index contributed by atoms with van der Waals surface area (Å²) >= 11 is 6.09. The zero-order valence-electron chi connectivity index (χ0n) is 15.3. The van der Waals surface area contributed by atoms with E-state index in [1.165, 1.54) is 17.7 Å². The predicted molar refractivity (Wildman–Crippen MR) is 103 cm³/mol. The van der Waals surface area contributed by atoms with Crippen LogP contribution in [-0.2, 0) is 6.54 Å². The molecule has 2 N–H and O–H groups in total. The number of aromatic nitrogens is 4. The highest BCUT2D eigenvalue weighted by Gasteiger charge is 2.19. The van der Waals surface area contributed by atoms with Gasteiger partial charge in [-0.3, -0.25) is 19.0 Å². The SMILES string of the molecule is CC(=O)c1cc(C(N)=O)n([C@@H](C)Cn2ccc(-c3ccc(C#N)c(Cl)c3)n2)n1. The molecule has 2 heterocycles. The van der Waals surface area contributed by atoms with Crippen molar-refractivity contribution in [2.24, 2.45) is 5.73 Å². The number of rotatable bonds is 6. The second kappa shape index (κ2) is 7.66. The lowest BCUT2D eigenvalue weighted by Gasteiger charge is -2.14. The van der Waals surface area contributed by atoms with Gasteiger partial charge in [-0.2, -0.15) is 15.5 Å². The van der Waals surface area contributed by atoms with E-state index in [0.29, 0.717) is 22.8 Å². The van der Waals surface area contributed by atoms with Crippen molar-refractivity contribution in [2.45, 2.75) is 26.4 Å². The quantitative estimate of drug-likeness (QED) is 0.642. The Kier molecular flexibility index (Phi) is 5.29. The Morgan fingerprint density at radius 2 is 2.04 bits per heavy atom. The molecule has 3 rings (SSSR count). The molecular formula is C19H17ClN6O2. The number of benzene rings is 1. The van der Waals surface area contributed by atoms with Crippen LogP contribution >= 0.6 is 11.6 Å². The Balaban J connectivity index is 1.84. The van der Waals surface area contributed by atoms with E-state index in [1.807, 2.05) is 19.1 Å². The summed E-state index contributed by atoms with van der Waals surface area (Å²) in [6.07, 6.45) is 1.79. The first-order chi connectivity index (χ1) is 13.3. The average molecular weight is 397 g/mol. The second-order valence-electron chi connectivity index (χ2n) is 6.36. The molecule has 1 amide bonds. The predicted octanol–water partition coefficient (Wildman–Crippen LogP) is 2.83. The van der Waals surface area contributed by atoms with E-state index >= 15 is 0 Å². The Labute approximate surface area is 166 Å². The van der Waals surface area contributed by atoms with Gasteiger partial charge in [-0.25, -0.2) is 0 Å². The molecule has 0 aliphatic carbocycles. The number of ketones is 1. The smallest absolute Gasteiger partial charge is 0.267 e. The lowest BCUT2D eigenvalue weighted by molar-refractivity contribution is 0.0983. The summed E-state index contributed by atoms with van der Waals surface area (Å²) < 4.78 is 3.14. The van der Waals surface area contributed by atoms with Crippen LogP contribution in [0, 0.1) is 11.3 Å². The lowest BCUT2D eigenvalue weighted by Crippen LogP contribution is -2.22. The number of carbonyl (C=O) groups is 2. The van der Waals surface area contributed by atoms with Gasteiger partial charge in [-0.15, -0.1) is 0 Å². The Hall–Kier alpha value is -3.44. The summed E-state index contributed by atoms with van der Waals surface area (Å²) in [6.45, 7) is 3.64. The minimum Gasteiger partial charge on any atom is -0.364 e. The van der Waals surface area contributed by atoms with E-state index < -0.39 is 5.91 Å². The summed E-state index contributed by atoms with van der Waals surface area (Å²) in [6, 6.07) is 10.1. The van der Waals surface area contributed by atoms with Crippen LogP contribution < -0.4 is 5.73 Å². The van der Waals surface area contributed by atoms with Gasteiger partial charge in [-0.05, 0) is 25.1 Å². The van der Waals surface area contributed by atoms with E-state index in [4.69, 9.17) is 22.6 Å². The number of carbonyl (C=O) groups excluding carboxylic acids is 2. The van der Waals surface area contributed by atoms with Crippen molar-refractivity contribution in [3.8, 4) is 17.3 Å². The van der Waals surface area contributed by atoms with Crippen LogP contribution in [0.15, 0.2) is 36.5 Å². The molecule has 28 heavy (non-hydrogen) atoms. The van der Waals surface area contributed by atoms with Crippen molar-refractivity contribution in [3.63, 3.8) is 0 Å². The molecule has 9 heteroatoms. The third-order valence-corrected chi connectivity index (χ3v) is 4.56. The fourth-order valence-corrected chi connectivity index (χ4v) is 3.04. The van der Waals surface area contributed by atoms with Gasteiger partial charge < -0.3 is 5.73 Å². The summed E-state index contributed by atoms with van der Waals surface area (Å²) in [4.78, 5) is 23.3. The number of hydrogen-bond acceptors (Lipinski definition) is 5. The molecule has 2 aromatic heterocycles. The maximum atomic E-state index is 11.7. The molecule has 0 aliphatic heterocycles. The number of nitriles is 1. The van der Waals surface area contributed by atoms with Gasteiger partial charge in [0.15, 0.2) is 5.78 Å². The fraction of sp³-hybridized carbons (Fsp3) is 0.211. The van der Waals surface area contributed by atoms with Crippen LogP contribution in [0.25, 0.3) is 11.3 Å². The maximum Gasteiger partial charge on any atom is 0.267 e. The maximum absolute atomic E-state index is 11.7. The van der Waals surface area contributed by atoms with Gasteiger partial charge in [0.1, 0.15) is 17.5 Å². The molecule has 0 unspecified atom stereocenters. The van der Waals surface area contributed by atoms with Crippen molar-refractivity contribution in [1.82, 2.24) is 19.6 Å². The van der Waals surface area contributed by atoms with Crippen molar-refractivity contribution >= 4 is 23.3 Å². The highest BCUT2D eigenvalue weighted by atomic mass is 35.5. The Morgan fingerprint density at radius 3 is 2.64 bits per heavy atom. The number of primary amides is 1. The van der Waals surface area contributed by atoms with Crippen LogP contribution in [0.4, 0.5) is 0 Å². The molecule has 0 fully saturated rings. The van der Waals surface area contributed by atoms with Crippen molar-refractivity contribution < 1.29 is 9.59 Å². The normalized spacial score (nSPS) is 11.8. The van der Waals surface area contributed by atoms with E-state index in [-0.39, 0.29) is 23.2 Å². The molecule has 0 aliphatic rings. The van der Waals surface area contributed by atoms with Crippen LogP contribution in [0.1, 0.15) is 46.4 Å². The number of amides is 1. The van der Waals surface area contributed by atoms with Crippen LogP contribution in [-0.4, -0.2) is 31.3 Å². The standard InChI is InChI=1S/C19H17ClN6O2/c1-11(26-18(19(22)28)8-17(24-26)12(2)27)10-25-6-5-16(23-25)13-3-4-14(9-21)15(20)7-13/h3-8,11H,10H2,1-2H3,(H2,22,28)/t11-/m0/s1. The molecular weight excluding hydrogens is 380 g/mol. The first kappa shape index (κ1) is 19.3. The second-order valence-corrected chi connectivity index (χ2v) is 6.77. The highest BCUT2D eigenvalue weighted by Crippen LogP contribution is 2.24. The molecule has 3 aromatic rings. The minimum absolute atomic E-state index is 0.170. The van der Waals surface area contributed by atoms with E-state index in [9.17, 15) is 9.59 Å². The van der Waals surface area contributed by atoms with Crippen molar-refractivity contribution in [1.29, 1.82) is 5.26 Å². The molecule has 1 atom stereocenters. The van der Waals surface area contributed by atoms with Gasteiger partial charge >= 0.3 is 0 Å². The lowest BCUT2D eigenvalue weighted by atomic mass is 10.1. The number of hydrogen-bond donors (Lipinski definition) is 1. The third-order valence-electron chi connectivity index (χ3n) is 4.24. The molecule has 142 valence electrons. The molecule has 8 nitrogen and oxygen atoms in total. The summed E-state index contributed by atoms with van der Waals surface area (Å²) in [5.41, 5.74) is 7.64. The summed E-state index contributed by atoms with van der Waals surface area (Å²) in [7, 11) is 0. The number of Topliss-reactive ketones (excluding diaryl/α,β-unsaturated/α-hetero) is 1. The van der Waals surface area contributed by atoms with E-state index in [0.717, 1.165) is 5.56 Å². The average Bonchev–Trinajstić information content (AvgIpc) is 3.29. The molecule has 0 saturated carbocycles. The van der Waals surface area contributed by atoms with Gasteiger partial charge in [-0.1, -0.05) is 17.7 Å². The summed E-state index contributed by atoms with van der Waals surface area (Å²) in [5.74, 6) is -0.896. The number of nitrogens with zero attached hydrogens (tertiary/aromatic N) is 5. The number of nitrogens with two attached hydrogens (primary N) is 1. The number of halogens is 1. The topological polar surface area (TPSA) is 120 Å². The van der Waals surface area contributed by atoms with Crippen LogP contribution in [0.3, 0.4) is 0 Å². The highest BCUT2D eigenvalue weighted by molar-refractivity contribution is 6.32. The van der Waals surface area contributed by atoms with E-state index in [2.05, 4.69) is 10.2 Å². The van der Waals surface area contributed by atoms with Crippen molar-refractivity contribution in [2.75, 3.05) is 0 Å². The Morgan fingerprint density at radius 1 is 1.29 bits per heavy atom. The summed E-state index contributed by atoms with van der Waals surface area (Å²) in [5, 5.41) is 18.0. The van der Waals surface area contributed by atoms with Gasteiger partial charge in [0, 0.05) is 24.8 Å². The monoisotopic (exact) mass is 396 g/mol. The van der Waals surface area contributed by atoms with Gasteiger partial charge in [0.2, 0.25) is 0 Å². The zero-order valence-corrected chi connectivity index (χ0v) is 16.0. The van der Waals surface area contributed by atoms with Crippen molar-refractivity contribution in [3.05, 3.63) is 58.5 Å². The van der Waals surface area contributed by atoms with E-state index in [1.54, 1.807) is 29.1 Å². The molecule has 0 radical (unpaired) electrons. The minimum atomic E-state index is -0.653. The van der Waals surface area contributed by atoms with Crippen LogP contribution in [0.2, 0.25) is 5.02 Å². The molecule has 1 aromatic carbocycles. The van der Waals surface area contributed by atoms with Crippen LogP contribution in [0.5, 0.6) is 0 Å². The molecule has 0 spiro atoms.